The molecule has 0 fully saturated rings. The number of carbonyl (C=O) groups is 2. The van der Waals surface area contributed by atoms with E-state index >= 15 is 0 Å². The van der Waals surface area contributed by atoms with Gasteiger partial charge in [-0.2, -0.15) is 0 Å². The zero-order chi connectivity index (χ0) is 18.8. The molecule has 1 aliphatic rings. The molecule has 0 spiro atoms. The third-order valence-corrected chi connectivity index (χ3v) is 5.66. The average Bonchev–Trinajstić information content (AvgIpc) is 3.29. The smallest absolute Gasteiger partial charge is 0.265 e. The van der Waals surface area contributed by atoms with Crippen molar-refractivity contribution in [2.75, 3.05) is 23.9 Å². The Bertz CT molecular complexity index is 980. The van der Waals surface area contributed by atoms with E-state index < -0.39 is 0 Å². The summed E-state index contributed by atoms with van der Waals surface area (Å²) in [5.74, 6) is 0.527. The van der Waals surface area contributed by atoms with E-state index in [9.17, 15) is 9.59 Å². The summed E-state index contributed by atoms with van der Waals surface area (Å²) in [6, 6.07) is 18.2. The Morgan fingerprint density at radius 2 is 1.81 bits per heavy atom. The summed E-state index contributed by atoms with van der Waals surface area (Å²) < 4.78 is 5.12. The van der Waals surface area contributed by atoms with Gasteiger partial charge in [-0.25, -0.2) is 0 Å². The zero-order valence-corrected chi connectivity index (χ0v) is 15.6. The van der Waals surface area contributed by atoms with Gasteiger partial charge >= 0.3 is 0 Å². The van der Waals surface area contributed by atoms with Crippen molar-refractivity contribution in [3.05, 3.63) is 76.0 Å². The summed E-state index contributed by atoms with van der Waals surface area (Å²) >= 11 is 1.44. The number of carbonyl (C=O) groups excluding carboxylic acids is 2. The number of methoxy groups -OCH3 is 1. The van der Waals surface area contributed by atoms with E-state index in [2.05, 4.69) is 5.32 Å². The van der Waals surface area contributed by atoms with Crippen molar-refractivity contribution < 1.29 is 14.3 Å². The summed E-state index contributed by atoms with van der Waals surface area (Å²) in [5, 5.41) is 2.89. The second-order valence-electron chi connectivity index (χ2n) is 6.17. The standard InChI is InChI=1S/C21H18N2O3S/c1-26-16-9-7-15(8-10-16)22-20(24)19-13-17-18(27-19)11-12-23(17)21(25)14-5-3-2-4-6-14/h2-10,13H,11-12H2,1H3,(H,22,24). The Labute approximate surface area is 161 Å². The first-order valence-electron chi connectivity index (χ1n) is 8.61. The third kappa shape index (κ3) is 3.44. The van der Waals surface area contributed by atoms with Crippen LogP contribution in [0.15, 0.2) is 60.7 Å². The first-order chi connectivity index (χ1) is 13.2. The quantitative estimate of drug-likeness (QED) is 0.740. The van der Waals surface area contributed by atoms with Crippen molar-refractivity contribution in [1.82, 2.24) is 0 Å². The van der Waals surface area contributed by atoms with Gasteiger partial charge in [-0.15, -0.1) is 11.3 Å². The van der Waals surface area contributed by atoms with Gasteiger partial charge in [0.05, 0.1) is 17.7 Å². The van der Waals surface area contributed by atoms with Crippen LogP contribution in [0.5, 0.6) is 5.75 Å². The molecule has 4 rings (SSSR count). The molecule has 1 aromatic heterocycles. The topological polar surface area (TPSA) is 58.6 Å². The van der Waals surface area contributed by atoms with Crippen LogP contribution in [0.1, 0.15) is 24.9 Å². The second-order valence-corrected chi connectivity index (χ2v) is 7.31. The molecule has 0 atom stereocenters. The Balaban J connectivity index is 1.52. The lowest BCUT2D eigenvalue weighted by Gasteiger charge is -2.16. The highest BCUT2D eigenvalue weighted by molar-refractivity contribution is 7.14. The van der Waals surface area contributed by atoms with Crippen LogP contribution >= 0.6 is 11.3 Å². The summed E-state index contributed by atoms with van der Waals surface area (Å²) in [7, 11) is 1.60. The fourth-order valence-electron chi connectivity index (χ4n) is 3.09. The predicted molar refractivity (Wildman–Crippen MR) is 107 cm³/mol. The number of benzene rings is 2. The van der Waals surface area contributed by atoms with Crippen molar-refractivity contribution in [3.8, 4) is 5.75 Å². The Morgan fingerprint density at radius 3 is 2.52 bits per heavy atom. The van der Waals surface area contributed by atoms with Gasteiger partial charge in [-0.1, -0.05) is 18.2 Å². The minimum Gasteiger partial charge on any atom is -0.497 e. The van der Waals surface area contributed by atoms with Crippen LogP contribution in [0.4, 0.5) is 11.4 Å². The summed E-state index contributed by atoms with van der Waals surface area (Å²) in [6.45, 7) is 0.648. The highest BCUT2D eigenvalue weighted by Gasteiger charge is 2.29. The molecular formula is C21H18N2O3S. The maximum Gasteiger partial charge on any atom is 0.265 e. The number of amides is 2. The first-order valence-corrected chi connectivity index (χ1v) is 9.42. The highest BCUT2D eigenvalue weighted by atomic mass is 32.1. The normalized spacial score (nSPS) is 12.6. The molecule has 0 radical (unpaired) electrons. The molecule has 1 aliphatic heterocycles. The molecule has 0 aliphatic carbocycles. The minimum atomic E-state index is -0.174. The van der Waals surface area contributed by atoms with Gasteiger partial charge in [0.15, 0.2) is 0 Å². The van der Waals surface area contributed by atoms with E-state index in [1.54, 1.807) is 36.3 Å². The molecule has 0 bridgehead atoms. The number of rotatable bonds is 4. The van der Waals surface area contributed by atoms with Gasteiger partial charge in [-0.05, 0) is 42.5 Å². The molecule has 6 heteroatoms. The molecule has 5 nitrogen and oxygen atoms in total. The van der Waals surface area contributed by atoms with Crippen molar-refractivity contribution in [2.45, 2.75) is 6.42 Å². The molecule has 136 valence electrons. The molecule has 1 N–H and O–H groups in total. The number of thiophene rings is 1. The SMILES string of the molecule is COc1ccc(NC(=O)c2cc3c(s2)CCN3C(=O)c2ccccc2)cc1. The maximum absolute atomic E-state index is 12.8. The van der Waals surface area contributed by atoms with E-state index in [0.29, 0.717) is 22.7 Å². The summed E-state index contributed by atoms with van der Waals surface area (Å²) in [5.41, 5.74) is 2.20. The van der Waals surface area contributed by atoms with E-state index in [1.807, 2.05) is 36.4 Å². The fourth-order valence-corrected chi connectivity index (χ4v) is 4.13. The van der Waals surface area contributed by atoms with E-state index in [1.165, 1.54) is 11.3 Å². The highest BCUT2D eigenvalue weighted by Crippen LogP contribution is 2.37. The van der Waals surface area contributed by atoms with Crippen molar-refractivity contribution in [1.29, 1.82) is 0 Å². The fraction of sp³-hybridized carbons (Fsp3) is 0.143. The molecular weight excluding hydrogens is 360 g/mol. The van der Waals surface area contributed by atoms with Gasteiger partial charge in [0.2, 0.25) is 0 Å². The van der Waals surface area contributed by atoms with Gasteiger partial charge in [0, 0.05) is 29.1 Å². The number of nitrogens with one attached hydrogen (secondary N) is 1. The van der Waals surface area contributed by atoms with Crippen LogP contribution in [0.2, 0.25) is 0 Å². The van der Waals surface area contributed by atoms with Crippen LogP contribution in [0, 0.1) is 0 Å². The molecule has 2 heterocycles. The lowest BCUT2D eigenvalue weighted by Crippen LogP contribution is -2.28. The Morgan fingerprint density at radius 1 is 1.07 bits per heavy atom. The van der Waals surface area contributed by atoms with Crippen LogP contribution in [0.3, 0.4) is 0 Å². The summed E-state index contributed by atoms with van der Waals surface area (Å²) in [4.78, 5) is 28.8. The predicted octanol–water partition coefficient (Wildman–Crippen LogP) is 4.21. The maximum atomic E-state index is 12.8. The van der Waals surface area contributed by atoms with Crippen LogP contribution < -0.4 is 15.0 Å². The zero-order valence-electron chi connectivity index (χ0n) is 14.8. The second kappa shape index (κ2) is 7.25. The van der Waals surface area contributed by atoms with Crippen molar-refractivity contribution in [2.24, 2.45) is 0 Å². The lowest BCUT2D eigenvalue weighted by molar-refractivity contribution is 0.0986. The van der Waals surface area contributed by atoms with E-state index in [0.717, 1.165) is 22.7 Å². The monoisotopic (exact) mass is 378 g/mol. The van der Waals surface area contributed by atoms with Crippen molar-refractivity contribution >= 4 is 34.5 Å². The van der Waals surface area contributed by atoms with E-state index in [4.69, 9.17) is 4.74 Å². The number of hydrogen-bond donors (Lipinski definition) is 1. The van der Waals surface area contributed by atoms with Crippen LogP contribution in [-0.4, -0.2) is 25.5 Å². The molecule has 2 amide bonds. The molecule has 3 aromatic rings. The summed E-state index contributed by atoms with van der Waals surface area (Å²) in [6.07, 6.45) is 0.772. The number of fused-ring (bicyclic) bond motifs is 1. The Hall–Kier alpha value is -3.12. The average molecular weight is 378 g/mol. The first kappa shape index (κ1) is 17.3. The van der Waals surface area contributed by atoms with Crippen LogP contribution in [-0.2, 0) is 6.42 Å². The lowest BCUT2D eigenvalue weighted by atomic mass is 10.2. The molecule has 0 saturated carbocycles. The van der Waals surface area contributed by atoms with Gasteiger partial charge in [0.1, 0.15) is 5.75 Å². The Kier molecular flexibility index (Phi) is 4.64. The van der Waals surface area contributed by atoms with Gasteiger partial charge in [-0.3, -0.25) is 9.59 Å². The minimum absolute atomic E-state index is 0.0331. The molecule has 2 aromatic carbocycles. The molecule has 0 unspecified atom stereocenters. The van der Waals surface area contributed by atoms with Crippen molar-refractivity contribution in [3.63, 3.8) is 0 Å². The largest absolute Gasteiger partial charge is 0.497 e. The number of nitrogens with zero attached hydrogens (tertiary/aromatic N) is 1. The number of anilines is 2. The number of hydrogen-bond acceptors (Lipinski definition) is 4. The molecule has 0 saturated heterocycles. The third-order valence-electron chi connectivity index (χ3n) is 4.48. The van der Waals surface area contributed by atoms with E-state index in [-0.39, 0.29) is 11.8 Å². The van der Waals surface area contributed by atoms with Crippen LogP contribution in [0.25, 0.3) is 0 Å². The van der Waals surface area contributed by atoms with Gasteiger partial charge in [0.25, 0.3) is 11.8 Å². The number of ether oxygens (including phenoxy) is 1. The molecule has 27 heavy (non-hydrogen) atoms. The van der Waals surface area contributed by atoms with Gasteiger partial charge < -0.3 is 15.0 Å².